The quantitative estimate of drug-likeness (QED) is 0.715. The van der Waals surface area contributed by atoms with Crippen LogP contribution in [0.5, 0.6) is 0 Å². The van der Waals surface area contributed by atoms with Gasteiger partial charge in [-0.2, -0.15) is 13.9 Å². The third-order valence-electron chi connectivity index (χ3n) is 5.08. The van der Waals surface area contributed by atoms with Crippen LogP contribution in [0.15, 0.2) is 17.3 Å². The highest BCUT2D eigenvalue weighted by Crippen LogP contribution is 2.38. The van der Waals surface area contributed by atoms with Gasteiger partial charge in [-0.25, -0.2) is 27.6 Å². The van der Waals surface area contributed by atoms with Gasteiger partial charge in [0.1, 0.15) is 0 Å². The van der Waals surface area contributed by atoms with Crippen LogP contribution in [0.25, 0.3) is 0 Å². The average Bonchev–Trinajstić information content (AvgIpc) is 3.32. The predicted octanol–water partition coefficient (Wildman–Crippen LogP) is 3.54. The Labute approximate surface area is 159 Å². The number of halogens is 3. The summed E-state index contributed by atoms with van der Waals surface area (Å²) in [4.78, 5) is 12.4. The van der Waals surface area contributed by atoms with Gasteiger partial charge in [0.15, 0.2) is 15.7 Å². The summed E-state index contributed by atoms with van der Waals surface area (Å²) >= 11 is 0. The topological polar surface area (TPSA) is 99.9 Å². The van der Waals surface area contributed by atoms with Gasteiger partial charge in [-0.3, -0.25) is 0 Å². The Balaban J connectivity index is 1.59. The average molecular weight is 413 g/mol. The first-order valence-electron chi connectivity index (χ1n) is 8.83. The number of carbonyl (C=O) groups excluding carboxylic acids is 1. The predicted molar refractivity (Wildman–Crippen MR) is 95.2 cm³/mol. The van der Waals surface area contributed by atoms with Crippen molar-refractivity contribution >= 4 is 21.6 Å². The van der Waals surface area contributed by atoms with E-state index >= 15 is 0 Å². The van der Waals surface area contributed by atoms with E-state index in [1.807, 2.05) is 4.72 Å². The zero-order valence-corrected chi connectivity index (χ0v) is 15.5. The summed E-state index contributed by atoms with van der Waals surface area (Å²) in [5.74, 6) is -1.35. The minimum Gasteiger partial charge on any atom is -0.307 e. The van der Waals surface area contributed by atoms with Crippen LogP contribution in [-0.2, 0) is 35.6 Å². The van der Waals surface area contributed by atoms with Gasteiger partial charge in [0, 0.05) is 5.69 Å². The molecule has 1 heterocycles. The molecule has 150 valence electrons. The third kappa shape index (κ3) is 3.23. The number of aryl methyl sites for hydroxylation is 2. The van der Waals surface area contributed by atoms with Crippen LogP contribution in [0.2, 0.25) is 0 Å². The maximum atomic E-state index is 13.8. The number of nitrogens with one attached hydrogen (secondary N) is 3. The molecule has 3 N–H and O–H groups in total. The number of anilines is 1. The molecular formula is C17H18F3N5O2S. The molecule has 11 heteroatoms. The summed E-state index contributed by atoms with van der Waals surface area (Å²) in [6.45, 7) is -3.15. The van der Waals surface area contributed by atoms with Crippen molar-refractivity contribution in [3.8, 4) is 0 Å². The molecule has 0 aliphatic heterocycles. The van der Waals surface area contributed by atoms with Crippen LogP contribution >= 0.6 is 0 Å². The fourth-order valence-corrected chi connectivity index (χ4v) is 4.88. The number of alkyl halides is 2. The fraction of sp³-hybridized carbons (Fsp3) is 0.412. The minimum atomic E-state index is -4.25. The molecule has 2 aliphatic carbocycles. The smallest absolute Gasteiger partial charge is 0.307 e. The molecular weight excluding hydrogens is 395 g/mol. The van der Waals surface area contributed by atoms with Crippen molar-refractivity contribution in [3.63, 3.8) is 0 Å². The van der Waals surface area contributed by atoms with Crippen LogP contribution in [0.1, 0.15) is 41.6 Å². The first kappa shape index (κ1) is 18.8. The molecule has 1 aromatic heterocycles. The van der Waals surface area contributed by atoms with Gasteiger partial charge in [-0.1, -0.05) is 6.07 Å². The maximum Gasteiger partial charge on any atom is 0.333 e. The van der Waals surface area contributed by atoms with Gasteiger partial charge < -0.3 is 5.32 Å². The zero-order chi connectivity index (χ0) is 20.1. The molecule has 0 radical (unpaired) electrons. The summed E-state index contributed by atoms with van der Waals surface area (Å²) in [7, 11) is -4.25. The van der Waals surface area contributed by atoms with E-state index < -0.39 is 33.3 Å². The Kier molecular flexibility index (Phi) is 4.56. The van der Waals surface area contributed by atoms with Crippen LogP contribution in [-0.4, -0.2) is 20.0 Å². The van der Waals surface area contributed by atoms with Gasteiger partial charge in [-0.15, -0.1) is 0 Å². The lowest BCUT2D eigenvalue weighted by Gasteiger charge is -2.17. The number of hydrogen-bond donors (Lipinski definition) is 3. The number of fused-ring (bicyclic) bond motifs is 2. The van der Waals surface area contributed by atoms with E-state index in [1.54, 1.807) is 0 Å². The van der Waals surface area contributed by atoms with Crippen molar-refractivity contribution in [3.05, 3.63) is 40.3 Å². The van der Waals surface area contributed by atoms with Crippen molar-refractivity contribution in [1.82, 2.24) is 14.5 Å². The Morgan fingerprint density at radius 2 is 1.79 bits per heavy atom. The monoisotopic (exact) mass is 413 g/mol. The van der Waals surface area contributed by atoms with Gasteiger partial charge in [0.2, 0.25) is 5.03 Å². The lowest BCUT2D eigenvalue weighted by molar-refractivity contribution is 0.0551. The SMILES string of the molecule is N=S(=O)(NC(=O)Nc1c2c(cc3c1CCC3)CCC2)c1nn(C(F)F)cc1F. The minimum absolute atomic E-state index is 0.0462. The Morgan fingerprint density at radius 1 is 1.18 bits per heavy atom. The van der Waals surface area contributed by atoms with Gasteiger partial charge in [0.25, 0.3) is 0 Å². The molecule has 7 nitrogen and oxygen atoms in total. The lowest BCUT2D eigenvalue weighted by Crippen LogP contribution is -2.35. The normalized spacial score (nSPS) is 17.3. The molecule has 0 saturated heterocycles. The van der Waals surface area contributed by atoms with E-state index in [0.717, 1.165) is 49.7 Å². The summed E-state index contributed by atoms with van der Waals surface area (Å²) in [5.41, 5.74) is 5.06. The largest absolute Gasteiger partial charge is 0.333 e. The van der Waals surface area contributed by atoms with Crippen molar-refractivity contribution in [2.75, 3.05) is 5.32 Å². The summed E-state index contributed by atoms with van der Waals surface area (Å²) in [6, 6.07) is 1.22. The molecule has 2 aliphatic rings. The van der Waals surface area contributed by atoms with Gasteiger partial charge in [-0.05, 0) is 60.8 Å². The molecule has 2 amide bonds. The fourth-order valence-electron chi connectivity index (χ4n) is 3.93. The Morgan fingerprint density at radius 3 is 2.32 bits per heavy atom. The van der Waals surface area contributed by atoms with Crippen LogP contribution in [0.3, 0.4) is 0 Å². The number of benzene rings is 1. The Bertz CT molecular complexity index is 1030. The van der Waals surface area contributed by atoms with Crippen molar-refractivity contribution in [2.45, 2.75) is 50.1 Å². The van der Waals surface area contributed by atoms with Gasteiger partial charge >= 0.3 is 12.6 Å². The summed E-state index contributed by atoms with van der Waals surface area (Å²) in [6.07, 6.45) is 5.74. The number of rotatable bonds is 4. The second kappa shape index (κ2) is 6.80. The first-order chi connectivity index (χ1) is 13.3. The molecule has 0 bridgehead atoms. The van der Waals surface area contributed by atoms with E-state index in [1.165, 1.54) is 11.1 Å². The second-order valence-corrected chi connectivity index (χ2v) is 8.59. The van der Waals surface area contributed by atoms with Crippen molar-refractivity contribution < 1.29 is 22.2 Å². The van der Waals surface area contributed by atoms with Crippen LogP contribution in [0, 0.1) is 10.6 Å². The van der Waals surface area contributed by atoms with Crippen molar-refractivity contribution in [1.29, 1.82) is 4.78 Å². The number of aromatic nitrogens is 2. The highest BCUT2D eigenvalue weighted by Gasteiger charge is 2.28. The first-order valence-corrected chi connectivity index (χ1v) is 10.4. The third-order valence-corrected chi connectivity index (χ3v) is 6.37. The highest BCUT2D eigenvalue weighted by atomic mass is 32.2. The molecule has 4 rings (SSSR count). The number of urea groups is 1. The van der Waals surface area contributed by atoms with Gasteiger partial charge in [0.05, 0.1) is 6.20 Å². The number of amides is 2. The van der Waals surface area contributed by atoms with Crippen LogP contribution in [0.4, 0.5) is 23.7 Å². The number of hydrogen-bond acceptors (Lipinski definition) is 4. The summed E-state index contributed by atoms with van der Waals surface area (Å²) in [5, 5.41) is 4.77. The molecule has 0 fully saturated rings. The second-order valence-electron chi connectivity index (χ2n) is 6.89. The Hall–Kier alpha value is -2.56. The van der Waals surface area contributed by atoms with E-state index in [-0.39, 0.29) is 4.68 Å². The maximum absolute atomic E-state index is 13.8. The molecule has 1 aromatic carbocycles. The van der Waals surface area contributed by atoms with Crippen LogP contribution < -0.4 is 10.0 Å². The molecule has 28 heavy (non-hydrogen) atoms. The zero-order valence-electron chi connectivity index (χ0n) is 14.7. The molecule has 2 aromatic rings. The molecule has 1 unspecified atom stereocenters. The lowest BCUT2D eigenvalue weighted by atomic mass is 9.99. The van der Waals surface area contributed by atoms with E-state index in [9.17, 15) is 22.2 Å². The standard InChI is InChI=1S/C17H18F3N5O2S/c18-13-8-25(16(19)20)23-15(13)28(21,27)24-17(26)22-14-11-5-1-3-9(11)7-10-4-2-6-12(10)14/h7-8,16H,1-6H2,(H3,21,22,24,26,27). The van der Waals surface area contributed by atoms with E-state index in [4.69, 9.17) is 4.78 Å². The molecule has 0 saturated carbocycles. The van der Waals surface area contributed by atoms with E-state index in [0.29, 0.717) is 11.9 Å². The number of carbonyl (C=O) groups is 1. The number of nitrogens with zero attached hydrogens (tertiary/aromatic N) is 2. The summed E-state index contributed by atoms with van der Waals surface area (Å²) < 4.78 is 61.1. The molecule has 0 spiro atoms. The van der Waals surface area contributed by atoms with Crippen molar-refractivity contribution in [2.24, 2.45) is 0 Å². The molecule has 1 atom stereocenters. The highest BCUT2D eigenvalue weighted by molar-refractivity contribution is 7.91. The van der Waals surface area contributed by atoms with E-state index in [2.05, 4.69) is 16.5 Å².